The Morgan fingerprint density at radius 3 is 2.27 bits per heavy atom. The van der Waals surface area contributed by atoms with Crippen LogP contribution in [0.2, 0.25) is 0 Å². The van der Waals surface area contributed by atoms with Crippen molar-refractivity contribution in [3.8, 4) is 5.75 Å². The second-order valence-corrected chi connectivity index (χ2v) is 7.96. The van der Waals surface area contributed by atoms with Crippen LogP contribution in [0.15, 0.2) is 54.6 Å². The third-order valence-electron chi connectivity index (χ3n) is 5.75. The number of amides is 3. The lowest BCUT2D eigenvalue weighted by molar-refractivity contribution is -0.125. The molecule has 4 rings (SSSR count). The van der Waals surface area contributed by atoms with Crippen LogP contribution in [0.25, 0.3) is 0 Å². The Labute approximate surface area is 178 Å². The highest BCUT2D eigenvalue weighted by atomic mass is 16.5. The lowest BCUT2D eigenvalue weighted by atomic mass is 10.1. The molecule has 2 heterocycles. The van der Waals surface area contributed by atoms with Crippen molar-refractivity contribution >= 4 is 11.9 Å². The fourth-order valence-corrected chi connectivity index (χ4v) is 4.03. The summed E-state index contributed by atoms with van der Waals surface area (Å²) in [7, 11) is 0. The third-order valence-corrected chi connectivity index (χ3v) is 5.75. The lowest BCUT2D eigenvalue weighted by Gasteiger charge is -2.18. The van der Waals surface area contributed by atoms with Gasteiger partial charge in [0.15, 0.2) is 0 Å². The van der Waals surface area contributed by atoms with Crippen molar-refractivity contribution in [1.29, 1.82) is 0 Å². The zero-order valence-corrected chi connectivity index (χ0v) is 17.3. The predicted molar refractivity (Wildman–Crippen MR) is 115 cm³/mol. The van der Waals surface area contributed by atoms with Gasteiger partial charge in [-0.3, -0.25) is 14.6 Å². The highest BCUT2D eigenvalue weighted by Crippen LogP contribution is 2.16. The molecule has 0 atom stereocenters. The van der Waals surface area contributed by atoms with Crippen molar-refractivity contribution < 1.29 is 14.3 Å². The monoisotopic (exact) mass is 407 g/mol. The average Bonchev–Trinajstić information content (AvgIpc) is 3.37. The summed E-state index contributed by atoms with van der Waals surface area (Å²) in [6, 6.07) is 17.8. The van der Waals surface area contributed by atoms with Gasteiger partial charge in [0.25, 0.3) is 0 Å². The van der Waals surface area contributed by atoms with Crippen LogP contribution in [0.5, 0.6) is 5.75 Å². The molecule has 6 heteroatoms. The molecule has 2 aliphatic rings. The minimum atomic E-state index is -0.220. The summed E-state index contributed by atoms with van der Waals surface area (Å²) >= 11 is 0. The average molecular weight is 408 g/mol. The zero-order chi connectivity index (χ0) is 20.8. The first kappa shape index (κ1) is 20.4. The Kier molecular flexibility index (Phi) is 6.64. The third kappa shape index (κ3) is 5.19. The number of rotatable bonds is 9. The maximum absolute atomic E-state index is 12.6. The number of carbonyl (C=O) groups is 2. The van der Waals surface area contributed by atoms with Crippen molar-refractivity contribution in [2.45, 2.75) is 25.8 Å². The number of nitrogens with zero attached hydrogens (tertiary/aromatic N) is 3. The van der Waals surface area contributed by atoms with Crippen LogP contribution in [0, 0.1) is 0 Å². The molecule has 2 aromatic rings. The number of para-hydroxylation sites is 1. The number of hydrogen-bond acceptors (Lipinski definition) is 4. The van der Waals surface area contributed by atoms with Gasteiger partial charge in [-0.05, 0) is 55.6 Å². The smallest absolute Gasteiger partial charge is 0.327 e. The second-order valence-electron chi connectivity index (χ2n) is 7.96. The van der Waals surface area contributed by atoms with Crippen LogP contribution in [-0.2, 0) is 17.8 Å². The molecule has 0 saturated carbocycles. The van der Waals surface area contributed by atoms with Crippen LogP contribution in [-0.4, -0.2) is 66.0 Å². The van der Waals surface area contributed by atoms with Crippen molar-refractivity contribution in [3.05, 3.63) is 65.7 Å². The minimum Gasteiger partial charge on any atom is -0.492 e. The Balaban J connectivity index is 1.22. The predicted octanol–water partition coefficient (Wildman–Crippen LogP) is 3.17. The minimum absolute atomic E-state index is 0.150. The van der Waals surface area contributed by atoms with E-state index in [1.54, 1.807) is 4.90 Å². The highest BCUT2D eigenvalue weighted by Gasteiger charge is 2.35. The molecular weight excluding hydrogens is 378 g/mol. The largest absolute Gasteiger partial charge is 0.492 e. The molecule has 0 bridgehead atoms. The number of hydrogen-bond donors (Lipinski definition) is 0. The summed E-state index contributed by atoms with van der Waals surface area (Å²) in [4.78, 5) is 30.3. The van der Waals surface area contributed by atoms with Gasteiger partial charge in [-0.1, -0.05) is 42.5 Å². The van der Waals surface area contributed by atoms with Crippen LogP contribution >= 0.6 is 0 Å². The van der Waals surface area contributed by atoms with Crippen LogP contribution < -0.4 is 4.74 Å². The van der Waals surface area contributed by atoms with Gasteiger partial charge in [-0.25, -0.2) is 4.79 Å². The molecule has 0 aromatic heterocycles. The summed E-state index contributed by atoms with van der Waals surface area (Å²) in [6.45, 7) is 4.67. The quantitative estimate of drug-likeness (QED) is 0.599. The number of carbonyl (C=O) groups excluding carboxylic acids is 2. The van der Waals surface area contributed by atoms with Gasteiger partial charge in [-0.2, -0.15) is 0 Å². The standard InChI is InChI=1S/C24H29N3O3/c28-23-19-26(24(29)27(23)16-17-30-22-6-2-1-3-7-22)15-12-20-8-10-21(11-9-20)18-25-13-4-5-14-25/h1-3,6-11H,4-5,12-19H2. The zero-order valence-electron chi connectivity index (χ0n) is 17.3. The molecule has 6 nitrogen and oxygen atoms in total. The molecule has 0 spiro atoms. The van der Waals surface area contributed by atoms with Crippen molar-refractivity contribution in [3.63, 3.8) is 0 Å². The number of benzene rings is 2. The topological polar surface area (TPSA) is 53.1 Å². The van der Waals surface area contributed by atoms with Gasteiger partial charge < -0.3 is 9.64 Å². The van der Waals surface area contributed by atoms with Gasteiger partial charge in [0.05, 0.1) is 6.54 Å². The molecule has 0 unspecified atom stereocenters. The first-order valence-corrected chi connectivity index (χ1v) is 10.8. The van der Waals surface area contributed by atoms with Gasteiger partial charge in [0.2, 0.25) is 5.91 Å². The maximum Gasteiger partial charge on any atom is 0.327 e. The summed E-state index contributed by atoms with van der Waals surface area (Å²) in [5, 5.41) is 0. The number of likely N-dealkylation sites (tertiary alicyclic amines) is 1. The first-order valence-electron chi connectivity index (χ1n) is 10.8. The van der Waals surface area contributed by atoms with Gasteiger partial charge in [0, 0.05) is 13.1 Å². The number of urea groups is 1. The van der Waals surface area contributed by atoms with E-state index in [-0.39, 0.29) is 25.0 Å². The fraction of sp³-hybridized carbons (Fsp3) is 0.417. The molecule has 0 radical (unpaired) electrons. The number of ether oxygens (including phenoxy) is 1. The van der Waals surface area contributed by atoms with Gasteiger partial charge in [0.1, 0.15) is 18.9 Å². The molecule has 30 heavy (non-hydrogen) atoms. The van der Waals surface area contributed by atoms with Crippen LogP contribution in [0.3, 0.4) is 0 Å². The normalized spacial score (nSPS) is 17.2. The molecule has 2 aliphatic heterocycles. The van der Waals surface area contributed by atoms with E-state index in [2.05, 4.69) is 29.2 Å². The first-order chi connectivity index (χ1) is 14.7. The van der Waals surface area contributed by atoms with Crippen molar-refractivity contribution in [1.82, 2.24) is 14.7 Å². The van der Waals surface area contributed by atoms with Crippen LogP contribution in [0.4, 0.5) is 4.79 Å². The molecule has 2 fully saturated rings. The SMILES string of the molecule is O=C1CN(CCc2ccc(CN3CCCC3)cc2)C(=O)N1CCOc1ccccc1. The van der Waals surface area contributed by atoms with Crippen LogP contribution in [0.1, 0.15) is 24.0 Å². The van der Waals surface area contributed by atoms with E-state index in [1.165, 1.54) is 42.0 Å². The van der Waals surface area contributed by atoms with E-state index in [1.807, 2.05) is 30.3 Å². The van der Waals surface area contributed by atoms with E-state index < -0.39 is 0 Å². The lowest BCUT2D eigenvalue weighted by Crippen LogP contribution is -2.36. The Morgan fingerprint density at radius 2 is 1.53 bits per heavy atom. The molecular formula is C24H29N3O3. The molecule has 2 saturated heterocycles. The molecule has 158 valence electrons. The highest BCUT2D eigenvalue weighted by molar-refractivity contribution is 6.02. The summed E-state index contributed by atoms with van der Waals surface area (Å²) in [5.74, 6) is 0.583. The van der Waals surface area contributed by atoms with E-state index in [4.69, 9.17) is 4.74 Å². The molecule has 0 N–H and O–H groups in total. The van der Waals surface area contributed by atoms with Crippen molar-refractivity contribution in [2.24, 2.45) is 0 Å². The molecule has 0 aliphatic carbocycles. The Bertz CT molecular complexity index is 848. The van der Waals surface area contributed by atoms with Gasteiger partial charge >= 0.3 is 6.03 Å². The molecule has 3 amide bonds. The van der Waals surface area contributed by atoms with E-state index in [0.717, 1.165) is 18.7 Å². The maximum atomic E-state index is 12.6. The summed E-state index contributed by atoms with van der Waals surface area (Å²) in [6.07, 6.45) is 3.35. The Morgan fingerprint density at radius 1 is 0.833 bits per heavy atom. The fourth-order valence-electron chi connectivity index (χ4n) is 4.03. The second kappa shape index (κ2) is 9.76. The Hall–Kier alpha value is -2.86. The summed E-state index contributed by atoms with van der Waals surface area (Å²) < 4.78 is 5.62. The van der Waals surface area contributed by atoms with E-state index >= 15 is 0 Å². The van der Waals surface area contributed by atoms with Gasteiger partial charge in [-0.15, -0.1) is 0 Å². The van der Waals surface area contributed by atoms with Crippen molar-refractivity contribution in [2.75, 3.05) is 39.3 Å². The summed E-state index contributed by atoms with van der Waals surface area (Å²) in [5.41, 5.74) is 2.52. The molecule has 2 aromatic carbocycles. The van der Waals surface area contributed by atoms with E-state index in [9.17, 15) is 9.59 Å². The number of imide groups is 1. The van der Waals surface area contributed by atoms with E-state index in [0.29, 0.717) is 13.2 Å².